The van der Waals surface area contributed by atoms with E-state index in [2.05, 4.69) is 21.9 Å². The van der Waals surface area contributed by atoms with Gasteiger partial charge in [-0.1, -0.05) is 75.2 Å². The van der Waals surface area contributed by atoms with E-state index in [4.69, 9.17) is 11.6 Å². The second-order valence-corrected chi connectivity index (χ2v) is 8.71. The highest BCUT2D eigenvalue weighted by molar-refractivity contribution is 6.33. The lowest BCUT2D eigenvalue weighted by atomic mass is 9.86. The van der Waals surface area contributed by atoms with Crippen LogP contribution in [0.4, 0.5) is 0 Å². The molecule has 3 aromatic rings. The number of rotatable bonds is 7. The molecule has 0 bridgehead atoms. The Bertz CT molecular complexity index is 1130. The van der Waals surface area contributed by atoms with Gasteiger partial charge < -0.3 is 4.90 Å². The molecule has 1 aromatic heterocycles. The summed E-state index contributed by atoms with van der Waals surface area (Å²) in [5.74, 6) is 0.757. The number of benzene rings is 2. The van der Waals surface area contributed by atoms with Gasteiger partial charge in [0, 0.05) is 30.1 Å². The van der Waals surface area contributed by atoms with E-state index >= 15 is 0 Å². The Labute approximate surface area is 187 Å². The zero-order valence-electron chi connectivity index (χ0n) is 18.3. The topological polar surface area (TPSA) is 79.0 Å². The van der Waals surface area contributed by atoms with Crippen LogP contribution in [0.25, 0.3) is 22.8 Å². The number of nitrogens with one attached hydrogen (secondary N) is 1. The molecule has 0 spiro atoms. The molecule has 0 aliphatic rings. The molecule has 2 aromatic carbocycles. The van der Waals surface area contributed by atoms with Crippen molar-refractivity contribution in [1.82, 2.24) is 19.9 Å². The maximum Gasteiger partial charge on any atom is 0.348 e. The zero-order valence-corrected chi connectivity index (χ0v) is 19.0. The Kier molecular flexibility index (Phi) is 6.91. The number of nitrogens with zero attached hydrogens (tertiary/aromatic N) is 3. The fraction of sp³-hybridized carbons (Fsp3) is 0.333. The van der Waals surface area contributed by atoms with Crippen LogP contribution in [0.1, 0.15) is 39.2 Å². The lowest BCUT2D eigenvalue weighted by molar-refractivity contribution is -0.139. The van der Waals surface area contributed by atoms with E-state index in [0.29, 0.717) is 28.8 Å². The van der Waals surface area contributed by atoms with Crippen molar-refractivity contribution in [2.24, 2.45) is 5.41 Å². The van der Waals surface area contributed by atoms with Crippen LogP contribution >= 0.6 is 11.6 Å². The standard InChI is InChI=1S/C24H27ClN4O2/c1-5-13-24(2,3)22(30)29(4)15-16-11-12-19(25)18(14-16)21-26-20(27-23(31)28-21)17-9-7-6-8-10-17/h6-12,14H,5,13,15H2,1-4H3,(H,26,27,28,31). The second kappa shape index (κ2) is 9.43. The SMILES string of the molecule is CCCC(C)(C)C(=O)N(C)Cc1ccc(Cl)c(-c2nc(-c3ccccc3)nc(=O)[nH]2)c1. The Morgan fingerprint density at radius 2 is 1.84 bits per heavy atom. The van der Waals surface area contributed by atoms with E-state index in [9.17, 15) is 9.59 Å². The minimum Gasteiger partial charge on any atom is -0.341 e. The number of aromatic nitrogens is 3. The maximum atomic E-state index is 12.9. The van der Waals surface area contributed by atoms with Crippen LogP contribution in [0.2, 0.25) is 5.02 Å². The smallest absolute Gasteiger partial charge is 0.341 e. The maximum absolute atomic E-state index is 12.9. The molecule has 7 heteroatoms. The van der Waals surface area contributed by atoms with E-state index in [1.165, 1.54) is 0 Å². The second-order valence-electron chi connectivity index (χ2n) is 8.30. The molecule has 0 fully saturated rings. The molecule has 1 amide bonds. The number of hydrogen-bond donors (Lipinski definition) is 1. The van der Waals surface area contributed by atoms with Crippen molar-refractivity contribution < 1.29 is 4.79 Å². The van der Waals surface area contributed by atoms with Crippen LogP contribution in [-0.4, -0.2) is 32.8 Å². The third-order valence-corrected chi connectivity index (χ3v) is 5.52. The zero-order chi connectivity index (χ0) is 22.6. The lowest BCUT2D eigenvalue weighted by Gasteiger charge is -2.29. The average Bonchev–Trinajstić information content (AvgIpc) is 2.74. The average molecular weight is 439 g/mol. The van der Waals surface area contributed by atoms with Crippen molar-refractivity contribution in [3.05, 3.63) is 69.6 Å². The Hall–Kier alpha value is -2.99. The largest absolute Gasteiger partial charge is 0.348 e. The van der Waals surface area contributed by atoms with Crippen LogP contribution in [0, 0.1) is 5.41 Å². The Morgan fingerprint density at radius 3 is 2.52 bits per heavy atom. The molecular formula is C24H27ClN4O2. The molecule has 1 N–H and O–H groups in total. The van der Waals surface area contributed by atoms with Gasteiger partial charge in [0.1, 0.15) is 5.82 Å². The van der Waals surface area contributed by atoms with Crippen LogP contribution in [0.5, 0.6) is 0 Å². The highest BCUT2D eigenvalue weighted by atomic mass is 35.5. The Morgan fingerprint density at radius 1 is 1.13 bits per heavy atom. The van der Waals surface area contributed by atoms with Crippen molar-refractivity contribution in [1.29, 1.82) is 0 Å². The van der Waals surface area contributed by atoms with Crippen molar-refractivity contribution in [3.63, 3.8) is 0 Å². The summed E-state index contributed by atoms with van der Waals surface area (Å²) < 4.78 is 0. The van der Waals surface area contributed by atoms with E-state index in [-0.39, 0.29) is 5.91 Å². The molecule has 6 nitrogen and oxygen atoms in total. The van der Waals surface area contributed by atoms with Gasteiger partial charge in [0.25, 0.3) is 0 Å². The number of carbonyl (C=O) groups is 1. The predicted molar refractivity (Wildman–Crippen MR) is 124 cm³/mol. The van der Waals surface area contributed by atoms with Crippen molar-refractivity contribution in [3.8, 4) is 22.8 Å². The fourth-order valence-electron chi connectivity index (χ4n) is 3.67. The molecule has 0 saturated carbocycles. The summed E-state index contributed by atoms with van der Waals surface area (Å²) in [6.07, 6.45) is 1.77. The molecule has 0 radical (unpaired) electrons. The summed E-state index contributed by atoms with van der Waals surface area (Å²) in [4.78, 5) is 38.0. The third kappa shape index (κ3) is 5.39. The minimum absolute atomic E-state index is 0.0904. The molecule has 3 rings (SSSR count). The lowest BCUT2D eigenvalue weighted by Crippen LogP contribution is -2.38. The minimum atomic E-state index is -0.501. The van der Waals surface area contributed by atoms with E-state index in [0.717, 1.165) is 24.0 Å². The van der Waals surface area contributed by atoms with Crippen molar-refractivity contribution in [2.75, 3.05) is 7.05 Å². The number of H-pyrrole nitrogens is 1. The monoisotopic (exact) mass is 438 g/mol. The molecule has 31 heavy (non-hydrogen) atoms. The molecular weight excluding hydrogens is 412 g/mol. The van der Waals surface area contributed by atoms with Crippen LogP contribution in [0.3, 0.4) is 0 Å². The summed E-state index contributed by atoms with van der Waals surface area (Å²) in [5.41, 5.74) is 1.30. The van der Waals surface area contributed by atoms with E-state index < -0.39 is 11.1 Å². The number of halogens is 1. The number of carbonyl (C=O) groups excluding carboxylic acids is 1. The van der Waals surface area contributed by atoms with Gasteiger partial charge in [-0.25, -0.2) is 9.78 Å². The summed E-state index contributed by atoms with van der Waals surface area (Å²) in [6.45, 7) is 6.45. The first-order chi connectivity index (χ1) is 14.7. The number of aromatic amines is 1. The van der Waals surface area contributed by atoms with Crippen molar-refractivity contribution >= 4 is 17.5 Å². The summed E-state index contributed by atoms with van der Waals surface area (Å²) in [7, 11) is 1.80. The highest BCUT2D eigenvalue weighted by Crippen LogP contribution is 2.29. The summed E-state index contributed by atoms with van der Waals surface area (Å²) in [5, 5.41) is 0.456. The van der Waals surface area contributed by atoms with Crippen molar-refractivity contribution in [2.45, 2.75) is 40.2 Å². The van der Waals surface area contributed by atoms with Gasteiger partial charge in [0.15, 0.2) is 5.82 Å². The van der Waals surface area contributed by atoms with Gasteiger partial charge in [0.05, 0.1) is 5.02 Å². The number of hydrogen-bond acceptors (Lipinski definition) is 4. The third-order valence-electron chi connectivity index (χ3n) is 5.19. The van der Waals surface area contributed by atoms with Crippen LogP contribution in [-0.2, 0) is 11.3 Å². The molecule has 0 aliphatic heterocycles. The fourth-order valence-corrected chi connectivity index (χ4v) is 3.88. The Balaban J connectivity index is 1.93. The van der Waals surface area contributed by atoms with Crippen LogP contribution in [0.15, 0.2) is 53.3 Å². The normalized spacial score (nSPS) is 11.4. The quantitative estimate of drug-likeness (QED) is 0.566. The van der Waals surface area contributed by atoms with Gasteiger partial charge in [0.2, 0.25) is 5.91 Å². The predicted octanol–water partition coefficient (Wildman–Crippen LogP) is 4.94. The summed E-state index contributed by atoms with van der Waals surface area (Å²) >= 11 is 6.43. The van der Waals surface area contributed by atoms with Gasteiger partial charge in [-0.15, -0.1) is 0 Å². The van der Waals surface area contributed by atoms with Gasteiger partial charge >= 0.3 is 5.69 Å². The van der Waals surface area contributed by atoms with Crippen LogP contribution < -0.4 is 5.69 Å². The van der Waals surface area contributed by atoms with E-state index in [1.54, 1.807) is 18.0 Å². The highest BCUT2D eigenvalue weighted by Gasteiger charge is 2.29. The molecule has 162 valence electrons. The molecule has 0 unspecified atom stereocenters. The molecule has 0 atom stereocenters. The molecule has 1 heterocycles. The van der Waals surface area contributed by atoms with Gasteiger partial charge in [-0.2, -0.15) is 4.98 Å². The van der Waals surface area contributed by atoms with Gasteiger partial charge in [-0.05, 0) is 24.1 Å². The first-order valence-electron chi connectivity index (χ1n) is 10.3. The number of amides is 1. The molecule has 0 saturated heterocycles. The summed E-state index contributed by atoms with van der Waals surface area (Å²) in [6, 6.07) is 14.8. The van der Waals surface area contributed by atoms with E-state index in [1.807, 2.05) is 56.3 Å². The molecule has 0 aliphatic carbocycles. The first kappa shape index (κ1) is 22.7. The first-order valence-corrected chi connectivity index (χ1v) is 10.7. The van der Waals surface area contributed by atoms with Gasteiger partial charge in [-0.3, -0.25) is 9.78 Å².